The first-order valence-electron chi connectivity index (χ1n) is 6.08. The molecule has 0 heterocycles. The quantitative estimate of drug-likeness (QED) is 0.819. The molecule has 0 aromatic heterocycles. The lowest BCUT2D eigenvalue weighted by molar-refractivity contribution is 0.0954. The second kappa shape index (κ2) is 6.39. The highest BCUT2D eigenvalue weighted by Gasteiger charge is 2.11. The monoisotopic (exact) mass is 327 g/mol. The minimum atomic E-state index is -0.111. The number of carbonyl (C=O) groups is 1. The van der Waals surface area contributed by atoms with E-state index in [4.69, 9.17) is 11.6 Å². The van der Waals surface area contributed by atoms with Gasteiger partial charge in [0, 0.05) is 11.0 Å². The van der Waals surface area contributed by atoms with Gasteiger partial charge < -0.3 is 5.32 Å². The Balaban J connectivity index is 1.89. The maximum Gasteiger partial charge on any atom is 0.252 e. The zero-order valence-electron chi connectivity index (χ0n) is 10.0. The van der Waals surface area contributed by atoms with Crippen molar-refractivity contribution >= 4 is 33.4 Å². The van der Waals surface area contributed by atoms with Gasteiger partial charge in [-0.15, -0.1) is 0 Å². The van der Waals surface area contributed by atoms with Crippen LogP contribution >= 0.6 is 27.5 Å². The molecule has 1 aliphatic carbocycles. The lowest BCUT2D eigenvalue weighted by Gasteiger charge is -2.07. The van der Waals surface area contributed by atoms with E-state index < -0.39 is 0 Å². The van der Waals surface area contributed by atoms with Crippen molar-refractivity contribution in [2.24, 2.45) is 0 Å². The normalized spacial score (nSPS) is 14.4. The molecule has 96 valence electrons. The maximum absolute atomic E-state index is 12.0. The summed E-state index contributed by atoms with van der Waals surface area (Å²) in [4.78, 5) is 12.0. The lowest BCUT2D eigenvalue weighted by Crippen LogP contribution is -2.25. The smallest absolute Gasteiger partial charge is 0.252 e. The molecule has 2 nitrogen and oxygen atoms in total. The van der Waals surface area contributed by atoms with Crippen LogP contribution < -0.4 is 5.32 Å². The Kier molecular flexibility index (Phi) is 4.84. The first-order valence-corrected chi connectivity index (χ1v) is 7.25. The van der Waals surface area contributed by atoms with Crippen LogP contribution in [0.2, 0.25) is 5.02 Å². The van der Waals surface area contributed by atoms with Gasteiger partial charge in [0.2, 0.25) is 0 Å². The van der Waals surface area contributed by atoms with Crippen LogP contribution in [0, 0.1) is 0 Å². The van der Waals surface area contributed by atoms with E-state index in [-0.39, 0.29) is 5.91 Å². The number of amides is 1. The molecule has 1 N–H and O–H groups in total. The highest BCUT2D eigenvalue weighted by Crippen LogP contribution is 2.22. The van der Waals surface area contributed by atoms with Crippen molar-refractivity contribution in [3.8, 4) is 0 Å². The van der Waals surface area contributed by atoms with E-state index in [2.05, 4.69) is 27.3 Å². The zero-order chi connectivity index (χ0) is 13.0. The van der Waals surface area contributed by atoms with Crippen molar-refractivity contribution in [2.75, 3.05) is 6.54 Å². The molecule has 0 unspecified atom stereocenters. The number of hydrogen-bond donors (Lipinski definition) is 1. The molecule has 1 aromatic carbocycles. The number of carbonyl (C=O) groups excluding carboxylic acids is 1. The van der Waals surface area contributed by atoms with E-state index in [1.54, 1.807) is 12.1 Å². The van der Waals surface area contributed by atoms with Crippen molar-refractivity contribution in [3.05, 3.63) is 44.9 Å². The third-order valence-corrected chi connectivity index (χ3v) is 3.86. The molecule has 18 heavy (non-hydrogen) atoms. The summed E-state index contributed by atoms with van der Waals surface area (Å²) in [6, 6.07) is 5.29. The fourth-order valence-electron chi connectivity index (χ4n) is 2.07. The molecule has 0 bridgehead atoms. The van der Waals surface area contributed by atoms with E-state index in [1.807, 2.05) is 6.07 Å². The van der Waals surface area contributed by atoms with Gasteiger partial charge in [-0.3, -0.25) is 4.79 Å². The van der Waals surface area contributed by atoms with E-state index >= 15 is 0 Å². The molecular formula is C14H15BrClNO. The number of hydrogen-bond acceptors (Lipinski definition) is 1. The van der Waals surface area contributed by atoms with E-state index in [0.717, 1.165) is 10.9 Å². The summed E-state index contributed by atoms with van der Waals surface area (Å²) in [5.74, 6) is -0.111. The van der Waals surface area contributed by atoms with Crippen LogP contribution in [0.15, 0.2) is 34.3 Å². The van der Waals surface area contributed by atoms with Gasteiger partial charge in [-0.25, -0.2) is 0 Å². The summed E-state index contributed by atoms with van der Waals surface area (Å²) in [5, 5.41) is 3.39. The molecule has 1 amide bonds. The predicted molar refractivity (Wildman–Crippen MR) is 78.0 cm³/mol. The van der Waals surface area contributed by atoms with Gasteiger partial charge in [0.15, 0.2) is 0 Å². The standard InChI is InChI=1S/C14H15BrClNO/c15-11-5-6-13(16)12(9-11)14(18)17-8-7-10-3-1-2-4-10/h3,5-6,9H,1-2,4,7-8H2,(H,17,18). The van der Waals surface area contributed by atoms with Gasteiger partial charge in [-0.2, -0.15) is 0 Å². The van der Waals surface area contributed by atoms with Crippen LogP contribution in [0.4, 0.5) is 0 Å². The largest absolute Gasteiger partial charge is 0.352 e. The summed E-state index contributed by atoms with van der Waals surface area (Å²) < 4.78 is 0.857. The second-order valence-electron chi connectivity index (χ2n) is 4.38. The van der Waals surface area contributed by atoms with Crippen LogP contribution in [0.1, 0.15) is 36.0 Å². The zero-order valence-corrected chi connectivity index (χ0v) is 12.4. The second-order valence-corrected chi connectivity index (χ2v) is 5.71. The average molecular weight is 329 g/mol. The molecule has 4 heteroatoms. The van der Waals surface area contributed by atoms with Gasteiger partial charge >= 0.3 is 0 Å². The summed E-state index contributed by atoms with van der Waals surface area (Å²) in [7, 11) is 0. The molecule has 0 aliphatic heterocycles. The molecule has 0 saturated carbocycles. The van der Waals surface area contributed by atoms with Gasteiger partial charge in [0.25, 0.3) is 5.91 Å². The average Bonchev–Trinajstić information content (AvgIpc) is 2.85. The van der Waals surface area contributed by atoms with E-state index in [0.29, 0.717) is 17.1 Å². The third kappa shape index (κ3) is 3.59. The molecule has 0 atom stereocenters. The molecule has 2 rings (SSSR count). The Labute approximate surface area is 121 Å². The Morgan fingerprint density at radius 2 is 2.28 bits per heavy atom. The summed E-state index contributed by atoms with van der Waals surface area (Å²) >= 11 is 9.34. The fourth-order valence-corrected chi connectivity index (χ4v) is 2.63. The SMILES string of the molecule is O=C(NCCC1=CCCC1)c1cc(Br)ccc1Cl. The molecule has 0 spiro atoms. The number of halogens is 2. The molecule has 0 radical (unpaired) electrons. The Hall–Kier alpha value is -0.800. The lowest BCUT2D eigenvalue weighted by atomic mass is 10.1. The van der Waals surface area contributed by atoms with Crippen LogP contribution in [0.3, 0.4) is 0 Å². The number of allylic oxidation sites excluding steroid dienone is 1. The summed E-state index contributed by atoms with van der Waals surface area (Å²) in [5.41, 5.74) is 1.97. The van der Waals surface area contributed by atoms with Crippen molar-refractivity contribution in [3.63, 3.8) is 0 Å². The Morgan fingerprint density at radius 1 is 1.44 bits per heavy atom. The fraction of sp³-hybridized carbons (Fsp3) is 0.357. The van der Waals surface area contributed by atoms with Gasteiger partial charge in [0.05, 0.1) is 10.6 Å². The van der Waals surface area contributed by atoms with Crippen molar-refractivity contribution in [1.29, 1.82) is 0 Å². The Morgan fingerprint density at radius 3 is 3.00 bits per heavy atom. The summed E-state index contributed by atoms with van der Waals surface area (Å²) in [6.45, 7) is 0.674. The predicted octanol–water partition coefficient (Wildman–Crippen LogP) is 4.33. The van der Waals surface area contributed by atoms with Crippen molar-refractivity contribution < 1.29 is 4.79 Å². The topological polar surface area (TPSA) is 29.1 Å². The third-order valence-electron chi connectivity index (χ3n) is 3.04. The van der Waals surface area contributed by atoms with E-state index in [9.17, 15) is 4.79 Å². The van der Waals surface area contributed by atoms with Gasteiger partial charge in [-0.1, -0.05) is 39.2 Å². The van der Waals surface area contributed by atoms with Crippen molar-refractivity contribution in [1.82, 2.24) is 5.32 Å². The van der Waals surface area contributed by atoms with Crippen LogP contribution in [0.25, 0.3) is 0 Å². The van der Waals surface area contributed by atoms with E-state index in [1.165, 1.54) is 24.8 Å². The first-order chi connectivity index (χ1) is 8.66. The molecular weight excluding hydrogens is 314 g/mol. The number of rotatable bonds is 4. The molecule has 1 aliphatic rings. The van der Waals surface area contributed by atoms with Crippen LogP contribution in [-0.2, 0) is 0 Å². The summed E-state index contributed by atoms with van der Waals surface area (Å²) in [6.07, 6.45) is 6.82. The molecule has 0 saturated heterocycles. The molecule has 1 aromatic rings. The maximum atomic E-state index is 12.0. The highest BCUT2D eigenvalue weighted by atomic mass is 79.9. The molecule has 0 fully saturated rings. The van der Waals surface area contributed by atoms with Gasteiger partial charge in [0.1, 0.15) is 0 Å². The van der Waals surface area contributed by atoms with Crippen molar-refractivity contribution in [2.45, 2.75) is 25.7 Å². The van der Waals surface area contributed by atoms with Crippen LogP contribution in [0.5, 0.6) is 0 Å². The van der Waals surface area contributed by atoms with Crippen LogP contribution in [-0.4, -0.2) is 12.5 Å². The number of nitrogens with one attached hydrogen (secondary N) is 1. The highest BCUT2D eigenvalue weighted by molar-refractivity contribution is 9.10. The minimum absolute atomic E-state index is 0.111. The first kappa shape index (κ1) is 13.6. The van der Waals surface area contributed by atoms with Gasteiger partial charge in [-0.05, 0) is 43.9 Å². The number of benzene rings is 1. The Bertz CT molecular complexity index is 485. The minimum Gasteiger partial charge on any atom is -0.352 e.